The Labute approximate surface area is 179 Å². The first-order valence-corrected chi connectivity index (χ1v) is 11.8. The zero-order valence-electron chi connectivity index (χ0n) is 17.8. The van der Waals surface area contributed by atoms with E-state index in [9.17, 15) is 12.8 Å². The van der Waals surface area contributed by atoms with Crippen LogP contribution in [0.2, 0.25) is 0 Å². The number of sulfonamides is 1. The highest BCUT2D eigenvalue weighted by Crippen LogP contribution is 2.09. The van der Waals surface area contributed by atoms with Crippen LogP contribution in [0.25, 0.3) is 0 Å². The highest BCUT2D eigenvalue weighted by molar-refractivity contribution is 7.88. The Balaban J connectivity index is 1.90. The van der Waals surface area contributed by atoms with Gasteiger partial charge < -0.3 is 10.6 Å². The topological polar surface area (TPSA) is 82.6 Å². The van der Waals surface area contributed by atoms with Crippen molar-refractivity contribution in [1.82, 2.24) is 15.4 Å². The molecule has 0 aliphatic carbocycles. The lowest BCUT2D eigenvalue weighted by Gasteiger charge is -2.12. The SMILES string of the molecule is CCNC(=NCc1ccc(CS(=O)(=O)NC(C)C)cc1)NCCc1cccc(F)c1. The van der Waals surface area contributed by atoms with Gasteiger partial charge in [0.2, 0.25) is 10.0 Å². The van der Waals surface area contributed by atoms with Crippen LogP contribution < -0.4 is 15.4 Å². The average Bonchev–Trinajstić information content (AvgIpc) is 2.66. The summed E-state index contributed by atoms with van der Waals surface area (Å²) < 4.78 is 39.9. The van der Waals surface area contributed by atoms with Crippen LogP contribution in [0.4, 0.5) is 4.39 Å². The zero-order valence-corrected chi connectivity index (χ0v) is 18.6. The number of aliphatic imine (C=N–C) groups is 1. The Morgan fingerprint density at radius 2 is 1.73 bits per heavy atom. The van der Waals surface area contributed by atoms with Gasteiger partial charge in [-0.3, -0.25) is 0 Å². The molecule has 0 spiro atoms. The first-order valence-electron chi connectivity index (χ1n) is 10.1. The van der Waals surface area contributed by atoms with Crippen LogP contribution in [0.3, 0.4) is 0 Å². The van der Waals surface area contributed by atoms with Crippen LogP contribution in [-0.2, 0) is 28.7 Å². The second-order valence-electron chi connectivity index (χ2n) is 7.35. The summed E-state index contributed by atoms with van der Waals surface area (Å²) in [5.74, 6) is 0.407. The Hall–Kier alpha value is -2.45. The normalized spacial score (nSPS) is 12.2. The molecule has 0 radical (unpaired) electrons. The van der Waals surface area contributed by atoms with Gasteiger partial charge in [0, 0.05) is 19.1 Å². The molecule has 2 rings (SSSR count). The predicted molar refractivity (Wildman–Crippen MR) is 120 cm³/mol. The maximum Gasteiger partial charge on any atom is 0.216 e. The number of nitrogens with one attached hydrogen (secondary N) is 3. The van der Waals surface area contributed by atoms with E-state index in [1.807, 2.05) is 37.3 Å². The molecule has 30 heavy (non-hydrogen) atoms. The molecular weight excluding hydrogens is 403 g/mol. The van der Waals surface area contributed by atoms with Crippen molar-refractivity contribution in [2.75, 3.05) is 13.1 Å². The molecule has 8 heteroatoms. The van der Waals surface area contributed by atoms with Gasteiger partial charge in [-0.15, -0.1) is 0 Å². The molecule has 0 aliphatic rings. The summed E-state index contributed by atoms with van der Waals surface area (Å²) >= 11 is 0. The second kappa shape index (κ2) is 11.7. The Bertz CT molecular complexity index is 928. The fraction of sp³-hybridized carbons (Fsp3) is 0.409. The van der Waals surface area contributed by atoms with Crippen LogP contribution in [0, 0.1) is 5.82 Å². The minimum atomic E-state index is -3.34. The van der Waals surface area contributed by atoms with Crippen molar-refractivity contribution < 1.29 is 12.8 Å². The van der Waals surface area contributed by atoms with Crippen molar-refractivity contribution in [3.63, 3.8) is 0 Å². The van der Waals surface area contributed by atoms with Crippen molar-refractivity contribution in [1.29, 1.82) is 0 Å². The number of guanidine groups is 1. The summed E-state index contributed by atoms with van der Waals surface area (Å²) in [6.07, 6.45) is 0.690. The molecule has 0 heterocycles. The van der Waals surface area contributed by atoms with Gasteiger partial charge >= 0.3 is 0 Å². The van der Waals surface area contributed by atoms with E-state index in [4.69, 9.17) is 0 Å². The lowest BCUT2D eigenvalue weighted by Crippen LogP contribution is -2.38. The largest absolute Gasteiger partial charge is 0.357 e. The van der Waals surface area contributed by atoms with E-state index in [1.165, 1.54) is 12.1 Å². The smallest absolute Gasteiger partial charge is 0.216 e. The molecule has 0 saturated carbocycles. The third kappa shape index (κ3) is 8.92. The minimum absolute atomic E-state index is 0.0427. The monoisotopic (exact) mass is 434 g/mol. The van der Waals surface area contributed by atoms with E-state index < -0.39 is 10.0 Å². The van der Waals surface area contributed by atoms with Gasteiger partial charge in [0.15, 0.2) is 5.96 Å². The van der Waals surface area contributed by atoms with Gasteiger partial charge in [-0.1, -0.05) is 36.4 Å². The van der Waals surface area contributed by atoms with E-state index in [1.54, 1.807) is 19.9 Å². The number of rotatable bonds is 10. The molecule has 0 amide bonds. The number of hydrogen-bond donors (Lipinski definition) is 3. The summed E-state index contributed by atoms with van der Waals surface area (Å²) in [6, 6.07) is 13.9. The van der Waals surface area contributed by atoms with Gasteiger partial charge in [0.05, 0.1) is 12.3 Å². The van der Waals surface area contributed by atoms with Crippen molar-refractivity contribution in [2.24, 2.45) is 4.99 Å². The lowest BCUT2D eigenvalue weighted by atomic mass is 10.1. The van der Waals surface area contributed by atoms with Crippen LogP contribution in [-0.4, -0.2) is 33.5 Å². The van der Waals surface area contributed by atoms with E-state index in [-0.39, 0.29) is 17.6 Å². The molecule has 0 unspecified atom stereocenters. The second-order valence-corrected chi connectivity index (χ2v) is 9.10. The molecule has 0 saturated heterocycles. The molecule has 0 aliphatic heterocycles. The molecule has 3 N–H and O–H groups in total. The fourth-order valence-corrected chi connectivity index (χ4v) is 4.32. The Kier molecular flexibility index (Phi) is 9.26. The standard InChI is InChI=1S/C22H31FN4O2S/c1-4-24-22(25-13-12-18-6-5-7-21(23)14-18)26-15-19-8-10-20(11-9-19)16-30(28,29)27-17(2)3/h5-11,14,17,27H,4,12-13,15-16H2,1-3H3,(H2,24,25,26). The summed E-state index contributed by atoms with van der Waals surface area (Å²) in [6.45, 7) is 7.41. The molecule has 164 valence electrons. The number of nitrogens with zero attached hydrogens (tertiary/aromatic N) is 1. The van der Waals surface area contributed by atoms with Gasteiger partial charge in [-0.2, -0.15) is 0 Å². The first kappa shape index (κ1) is 23.8. The number of benzene rings is 2. The third-order valence-corrected chi connectivity index (χ3v) is 5.70. The fourth-order valence-electron chi connectivity index (χ4n) is 2.89. The van der Waals surface area contributed by atoms with Gasteiger partial charge in [-0.05, 0) is 56.0 Å². The van der Waals surface area contributed by atoms with Crippen LogP contribution in [0.1, 0.15) is 37.5 Å². The van der Waals surface area contributed by atoms with E-state index in [2.05, 4.69) is 20.3 Å². The minimum Gasteiger partial charge on any atom is -0.357 e. The molecule has 0 bridgehead atoms. The van der Waals surface area contributed by atoms with Crippen molar-refractivity contribution >= 4 is 16.0 Å². The van der Waals surface area contributed by atoms with E-state index >= 15 is 0 Å². The summed E-state index contributed by atoms with van der Waals surface area (Å²) in [4.78, 5) is 4.57. The molecule has 0 atom stereocenters. The van der Waals surface area contributed by atoms with E-state index in [0.717, 1.165) is 23.2 Å². The highest BCUT2D eigenvalue weighted by Gasteiger charge is 2.12. The predicted octanol–water partition coefficient (Wildman–Crippen LogP) is 2.95. The molecule has 6 nitrogen and oxygen atoms in total. The number of halogens is 1. The van der Waals surface area contributed by atoms with Crippen LogP contribution in [0.15, 0.2) is 53.5 Å². The molecule has 2 aromatic carbocycles. The van der Waals surface area contributed by atoms with Crippen molar-refractivity contribution in [3.05, 3.63) is 71.0 Å². The van der Waals surface area contributed by atoms with Gasteiger partial charge in [0.1, 0.15) is 5.82 Å². The summed E-state index contributed by atoms with van der Waals surface area (Å²) in [7, 11) is -3.34. The Morgan fingerprint density at radius 3 is 2.37 bits per heavy atom. The van der Waals surface area contributed by atoms with Crippen LogP contribution >= 0.6 is 0 Å². The summed E-state index contributed by atoms with van der Waals surface area (Å²) in [5, 5.41) is 6.44. The lowest BCUT2D eigenvalue weighted by molar-refractivity contribution is 0.569. The van der Waals surface area contributed by atoms with E-state index in [0.29, 0.717) is 25.5 Å². The van der Waals surface area contributed by atoms with Crippen molar-refractivity contribution in [3.8, 4) is 0 Å². The number of hydrogen-bond acceptors (Lipinski definition) is 3. The van der Waals surface area contributed by atoms with Gasteiger partial charge in [-0.25, -0.2) is 22.5 Å². The third-order valence-electron chi connectivity index (χ3n) is 4.15. The molecule has 0 aromatic heterocycles. The average molecular weight is 435 g/mol. The van der Waals surface area contributed by atoms with Crippen molar-refractivity contribution in [2.45, 2.75) is 45.5 Å². The molecule has 0 fully saturated rings. The van der Waals surface area contributed by atoms with Gasteiger partial charge in [0.25, 0.3) is 0 Å². The molecule has 2 aromatic rings. The zero-order chi connectivity index (χ0) is 22.0. The maximum absolute atomic E-state index is 13.3. The Morgan fingerprint density at radius 1 is 1.03 bits per heavy atom. The summed E-state index contributed by atoms with van der Waals surface area (Å²) in [5.41, 5.74) is 2.64. The molecular formula is C22H31FN4O2S. The van der Waals surface area contributed by atoms with Crippen LogP contribution in [0.5, 0.6) is 0 Å². The maximum atomic E-state index is 13.3. The first-order chi connectivity index (χ1) is 14.3. The quantitative estimate of drug-likeness (QED) is 0.397. The highest BCUT2D eigenvalue weighted by atomic mass is 32.2.